The summed E-state index contributed by atoms with van der Waals surface area (Å²) >= 11 is 0. The lowest BCUT2D eigenvalue weighted by molar-refractivity contribution is -0.115. The van der Waals surface area contributed by atoms with Crippen LogP contribution in [0.5, 0.6) is 0 Å². The highest BCUT2D eigenvalue weighted by Gasteiger charge is 2.16. The fraction of sp³-hybridized carbons (Fsp3) is 0.353. The van der Waals surface area contributed by atoms with E-state index in [-0.39, 0.29) is 12.3 Å². The van der Waals surface area contributed by atoms with Crippen molar-refractivity contribution in [2.75, 3.05) is 5.32 Å². The Hall–Kier alpha value is -2.63. The molecule has 2 aromatic heterocycles. The van der Waals surface area contributed by atoms with Gasteiger partial charge in [0.25, 0.3) is 0 Å². The zero-order chi connectivity index (χ0) is 16.4. The molecule has 1 N–H and O–H groups in total. The predicted molar refractivity (Wildman–Crippen MR) is 88.3 cm³/mol. The molecule has 0 fully saturated rings. The molecule has 6 heteroatoms. The van der Waals surface area contributed by atoms with E-state index in [0.29, 0.717) is 11.7 Å². The molecule has 0 aliphatic rings. The molecule has 0 aliphatic heterocycles. The van der Waals surface area contributed by atoms with Gasteiger partial charge >= 0.3 is 0 Å². The van der Waals surface area contributed by atoms with E-state index >= 15 is 0 Å². The van der Waals surface area contributed by atoms with Crippen LogP contribution in [-0.2, 0) is 17.8 Å². The van der Waals surface area contributed by atoms with E-state index in [1.807, 2.05) is 42.7 Å². The molecule has 0 atom stereocenters. The SMILES string of the molecule is CCCn1c(NC(=O)Cc2c(C)noc2C)nc2ccccc21. The summed E-state index contributed by atoms with van der Waals surface area (Å²) in [6.45, 7) is 6.56. The highest BCUT2D eigenvalue weighted by atomic mass is 16.5. The fourth-order valence-electron chi connectivity index (χ4n) is 2.70. The Morgan fingerprint density at radius 3 is 2.78 bits per heavy atom. The van der Waals surface area contributed by atoms with Gasteiger partial charge in [-0.25, -0.2) is 4.98 Å². The van der Waals surface area contributed by atoms with Crippen LogP contribution < -0.4 is 5.32 Å². The van der Waals surface area contributed by atoms with Crippen LogP contribution in [0.15, 0.2) is 28.8 Å². The predicted octanol–water partition coefficient (Wildman–Crippen LogP) is 3.23. The van der Waals surface area contributed by atoms with Crippen molar-refractivity contribution in [3.05, 3.63) is 41.3 Å². The van der Waals surface area contributed by atoms with E-state index in [4.69, 9.17) is 4.52 Å². The van der Waals surface area contributed by atoms with Crippen LogP contribution in [-0.4, -0.2) is 20.6 Å². The van der Waals surface area contributed by atoms with Gasteiger partial charge in [-0.15, -0.1) is 0 Å². The lowest BCUT2D eigenvalue weighted by Crippen LogP contribution is -2.18. The fourth-order valence-corrected chi connectivity index (χ4v) is 2.70. The largest absolute Gasteiger partial charge is 0.361 e. The number of nitrogens with one attached hydrogen (secondary N) is 1. The topological polar surface area (TPSA) is 73.0 Å². The number of rotatable bonds is 5. The molecule has 2 heterocycles. The first kappa shape index (κ1) is 15.3. The van der Waals surface area contributed by atoms with E-state index in [2.05, 4.69) is 22.4 Å². The summed E-state index contributed by atoms with van der Waals surface area (Å²) < 4.78 is 7.15. The van der Waals surface area contributed by atoms with Gasteiger partial charge in [0.2, 0.25) is 11.9 Å². The molecule has 3 aromatic rings. The molecule has 1 aromatic carbocycles. The molecule has 0 bridgehead atoms. The molecule has 120 valence electrons. The molecule has 1 amide bonds. The minimum absolute atomic E-state index is 0.118. The molecule has 0 spiro atoms. The van der Waals surface area contributed by atoms with Gasteiger partial charge in [0.05, 0.1) is 23.1 Å². The van der Waals surface area contributed by atoms with E-state index < -0.39 is 0 Å². The Morgan fingerprint density at radius 1 is 1.30 bits per heavy atom. The van der Waals surface area contributed by atoms with Gasteiger partial charge in [0.15, 0.2) is 0 Å². The number of hydrogen-bond donors (Lipinski definition) is 1. The van der Waals surface area contributed by atoms with Gasteiger partial charge in [-0.2, -0.15) is 0 Å². The summed E-state index contributed by atoms with van der Waals surface area (Å²) in [6, 6.07) is 7.89. The summed E-state index contributed by atoms with van der Waals surface area (Å²) in [5.41, 5.74) is 3.50. The number of carbonyl (C=O) groups excluding carboxylic acids is 1. The van der Waals surface area contributed by atoms with Gasteiger partial charge < -0.3 is 9.09 Å². The molecular formula is C17H20N4O2. The number of fused-ring (bicyclic) bond motifs is 1. The van der Waals surface area contributed by atoms with Crippen LogP contribution in [0, 0.1) is 13.8 Å². The molecule has 6 nitrogen and oxygen atoms in total. The maximum Gasteiger partial charge on any atom is 0.231 e. The minimum Gasteiger partial charge on any atom is -0.361 e. The highest BCUT2D eigenvalue weighted by Crippen LogP contribution is 2.20. The van der Waals surface area contributed by atoms with E-state index in [1.165, 1.54) is 0 Å². The van der Waals surface area contributed by atoms with Gasteiger partial charge in [-0.05, 0) is 32.4 Å². The Morgan fingerprint density at radius 2 is 2.09 bits per heavy atom. The normalized spacial score (nSPS) is 11.1. The molecule has 23 heavy (non-hydrogen) atoms. The summed E-state index contributed by atoms with van der Waals surface area (Å²) in [4.78, 5) is 16.9. The first-order valence-electron chi connectivity index (χ1n) is 7.77. The van der Waals surface area contributed by atoms with E-state index in [1.54, 1.807) is 0 Å². The average molecular weight is 312 g/mol. The van der Waals surface area contributed by atoms with Crippen LogP contribution in [0.3, 0.4) is 0 Å². The van der Waals surface area contributed by atoms with Crippen LogP contribution in [0.4, 0.5) is 5.95 Å². The number of nitrogens with zero attached hydrogens (tertiary/aromatic N) is 3. The van der Waals surface area contributed by atoms with Crippen LogP contribution in [0.25, 0.3) is 11.0 Å². The second-order valence-electron chi connectivity index (χ2n) is 5.60. The number of aromatic nitrogens is 3. The van der Waals surface area contributed by atoms with Crippen LogP contribution in [0.2, 0.25) is 0 Å². The van der Waals surface area contributed by atoms with Crippen molar-refractivity contribution in [1.29, 1.82) is 0 Å². The monoisotopic (exact) mass is 312 g/mol. The second kappa shape index (κ2) is 6.24. The average Bonchev–Trinajstić information content (AvgIpc) is 3.03. The third kappa shape index (κ3) is 2.97. The molecule has 0 aliphatic carbocycles. The molecule has 0 saturated carbocycles. The third-order valence-corrected chi connectivity index (χ3v) is 3.87. The quantitative estimate of drug-likeness (QED) is 0.785. The van der Waals surface area contributed by atoms with Crippen molar-refractivity contribution in [3.8, 4) is 0 Å². The van der Waals surface area contributed by atoms with Crippen LogP contribution >= 0.6 is 0 Å². The van der Waals surface area contributed by atoms with Gasteiger partial charge in [-0.3, -0.25) is 10.1 Å². The summed E-state index contributed by atoms with van der Waals surface area (Å²) in [5, 5.41) is 6.80. The number of para-hydroxylation sites is 2. The van der Waals surface area contributed by atoms with Gasteiger partial charge in [0, 0.05) is 12.1 Å². The summed E-state index contributed by atoms with van der Waals surface area (Å²) in [7, 11) is 0. The Bertz CT molecular complexity index is 828. The molecule has 0 saturated heterocycles. The smallest absolute Gasteiger partial charge is 0.231 e. The van der Waals surface area contributed by atoms with Crippen molar-refractivity contribution in [2.24, 2.45) is 0 Å². The first-order valence-corrected chi connectivity index (χ1v) is 7.77. The highest BCUT2D eigenvalue weighted by molar-refractivity contribution is 5.93. The minimum atomic E-state index is -0.118. The van der Waals surface area contributed by atoms with Crippen molar-refractivity contribution in [1.82, 2.24) is 14.7 Å². The zero-order valence-corrected chi connectivity index (χ0v) is 13.6. The number of amides is 1. The number of aryl methyl sites for hydroxylation is 3. The molecule has 0 unspecified atom stereocenters. The molecule has 3 rings (SSSR count). The van der Waals surface area contributed by atoms with Crippen molar-refractivity contribution < 1.29 is 9.32 Å². The number of imidazole rings is 1. The molecular weight excluding hydrogens is 292 g/mol. The lowest BCUT2D eigenvalue weighted by Gasteiger charge is -2.08. The van der Waals surface area contributed by atoms with E-state index in [0.717, 1.165) is 35.3 Å². The van der Waals surface area contributed by atoms with E-state index in [9.17, 15) is 4.79 Å². The number of benzene rings is 1. The Labute approximate surface area is 134 Å². The first-order chi connectivity index (χ1) is 11.1. The number of carbonyl (C=O) groups is 1. The van der Waals surface area contributed by atoms with Crippen molar-refractivity contribution in [2.45, 2.75) is 40.2 Å². The van der Waals surface area contributed by atoms with Crippen molar-refractivity contribution in [3.63, 3.8) is 0 Å². The lowest BCUT2D eigenvalue weighted by atomic mass is 10.1. The number of anilines is 1. The maximum absolute atomic E-state index is 12.4. The molecule has 0 radical (unpaired) electrons. The Kier molecular flexibility index (Phi) is 4.14. The number of hydrogen-bond acceptors (Lipinski definition) is 4. The maximum atomic E-state index is 12.4. The second-order valence-corrected chi connectivity index (χ2v) is 5.60. The van der Waals surface area contributed by atoms with Crippen LogP contribution in [0.1, 0.15) is 30.4 Å². The summed E-state index contributed by atoms with van der Waals surface area (Å²) in [6.07, 6.45) is 1.20. The van der Waals surface area contributed by atoms with Crippen molar-refractivity contribution >= 4 is 22.9 Å². The zero-order valence-electron chi connectivity index (χ0n) is 13.6. The van der Waals surface area contributed by atoms with Gasteiger partial charge in [0.1, 0.15) is 5.76 Å². The Balaban J connectivity index is 1.86. The van der Waals surface area contributed by atoms with Gasteiger partial charge in [-0.1, -0.05) is 24.2 Å². The standard InChI is InChI=1S/C17H20N4O2/c1-4-9-21-15-8-6-5-7-14(15)18-17(21)19-16(22)10-13-11(2)20-23-12(13)3/h5-8H,4,9-10H2,1-3H3,(H,18,19,22). The summed E-state index contributed by atoms with van der Waals surface area (Å²) in [5.74, 6) is 1.15. The third-order valence-electron chi connectivity index (χ3n) is 3.87.